The van der Waals surface area contributed by atoms with Gasteiger partial charge in [0.1, 0.15) is 0 Å². The van der Waals surface area contributed by atoms with Gasteiger partial charge in [-0.05, 0) is 6.08 Å². The van der Waals surface area contributed by atoms with Gasteiger partial charge in [-0.1, -0.05) is 18.2 Å². The Hall–Kier alpha value is -0.430. The molecule has 0 unspecified atom stereocenters. The zero-order valence-electron chi connectivity index (χ0n) is 4.24. The highest BCUT2D eigenvalue weighted by Gasteiger charge is 1.76. The maximum Gasteiger partial charge on any atom is 0.0446 e. The monoisotopic (exact) mass is 117 g/mol. The van der Waals surface area contributed by atoms with E-state index < -0.39 is 0 Å². The van der Waals surface area contributed by atoms with E-state index in [-0.39, 0.29) is 0 Å². The van der Waals surface area contributed by atoms with Crippen LogP contribution in [0.1, 0.15) is 0 Å². The highest BCUT2D eigenvalue weighted by Crippen LogP contribution is 1.89. The molecule has 0 saturated carbocycles. The van der Waals surface area contributed by atoms with E-state index in [4.69, 9.17) is 11.6 Å². The van der Waals surface area contributed by atoms with E-state index in [0.29, 0.717) is 0 Å². The van der Waals surface area contributed by atoms with Crippen LogP contribution in [0.15, 0.2) is 23.9 Å². The number of allylic oxidation sites excluding steroid dienone is 1. The number of likely N-dealkylation sites (N-methyl/N-ethyl adjacent to an activating group) is 1. The predicted molar refractivity (Wildman–Crippen MR) is 33.2 cm³/mol. The number of rotatable bonds is 2. The van der Waals surface area contributed by atoms with E-state index in [9.17, 15) is 0 Å². The van der Waals surface area contributed by atoms with Gasteiger partial charge in [-0.25, -0.2) is 0 Å². The van der Waals surface area contributed by atoms with E-state index in [2.05, 4.69) is 11.9 Å². The van der Waals surface area contributed by atoms with Crippen molar-refractivity contribution in [1.82, 2.24) is 5.32 Å². The SMILES string of the molecule is C=C/C(=C/Cl)NC. The molecule has 0 heterocycles. The average molecular weight is 118 g/mol. The van der Waals surface area contributed by atoms with Gasteiger partial charge in [-0.15, -0.1) is 0 Å². The predicted octanol–water partition coefficient (Wildman–Crippen LogP) is 1.47. The Morgan fingerprint density at radius 3 is 2.43 bits per heavy atom. The molecule has 0 aliphatic heterocycles. The van der Waals surface area contributed by atoms with Crippen LogP contribution in [0.25, 0.3) is 0 Å². The van der Waals surface area contributed by atoms with Gasteiger partial charge in [0.2, 0.25) is 0 Å². The van der Waals surface area contributed by atoms with E-state index >= 15 is 0 Å². The minimum absolute atomic E-state index is 0.835. The second-order valence-corrected chi connectivity index (χ2v) is 1.24. The molecule has 0 amide bonds. The van der Waals surface area contributed by atoms with Gasteiger partial charge in [0.05, 0.1) is 0 Å². The Kier molecular flexibility index (Phi) is 3.52. The van der Waals surface area contributed by atoms with E-state index in [0.717, 1.165) is 5.70 Å². The smallest absolute Gasteiger partial charge is 0.0446 e. The van der Waals surface area contributed by atoms with Crippen molar-refractivity contribution in [2.75, 3.05) is 7.05 Å². The highest BCUT2D eigenvalue weighted by atomic mass is 35.5. The van der Waals surface area contributed by atoms with Crippen LogP contribution in [0, 0.1) is 0 Å². The van der Waals surface area contributed by atoms with Gasteiger partial charge in [-0.3, -0.25) is 0 Å². The van der Waals surface area contributed by atoms with Crippen molar-refractivity contribution >= 4 is 11.6 Å². The summed E-state index contributed by atoms with van der Waals surface area (Å²) in [6, 6.07) is 0. The zero-order valence-corrected chi connectivity index (χ0v) is 5.00. The first-order valence-corrected chi connectivity index (χ1v) is 2.39. The number of hydrogen-bond donors (Lipinski definition) is 1. The van der Waals surface area contributed by atoms with Crippen molar-refractivity contribution in [2.24, 2.45) is 0 Å². The van der Waals surface area contributed by atoms with Gasteiger partial charge in [0, 0.05) is 18.3 Å². The van der Waals surface area contributed by atoms with Crippen LogP contribution in [0.3, 0.4) is 0 Å². The normalized spacial score (nSPS) is 10.9. The van der Waals surface area contributed by atoms with Crippen LogP contribution in [0.2, 0.25) is 0 Å². The van der Waals surface area contributed by atoms with Crippen molar-refractivity contribution in [3.63, 3.8) is 0 Å². The Balaban J connectivity index is 3.60. The minimum atomic E-state index is 0.835. The lowest BCUT2D eigenvalue weighted by Crippen LogP contribution is -2.00. The van der Waals surface area contributed by atoms with Gasteiger partial charge in [0.15, 0.2) is 0 Å². The van der Waals surface area contributed by atoms with Gasteiger partial charge >= 0.3 is 0 Å². The van der Waals surface area contributed by atoms with Crippen molar-refractivity contribution in [1.29, 1.82) is 0 Å². The van der Waals surface area contributed by atoms with Crippen LogP contribution in [0.4, 0.5) is 0 Å². The molecule has 0 saturated heterocycles. The molecule has 0 aromatic carbocycles. The maximum atomic E-state index is 5.27. The van der Waals surface area contributed by atoms with Crippen LogP contribution >= 0.6 is 11.6 Å². The first kappa shape index (κ1) is 6.57. The first-order valence-electron chi connectivity index (χ1n) is 1.95. The lowest BCUT2D eigenvalue weighted by Gasteiger charge is -1.92. The molecule has 1 N–H and O–H groups in total. The summed E-state index contributed by atoms with van der Waals surface area (Å²) < 4.78 is 0. The summed E-state index contributed by atoms with van der Waals surface area (Å²) >= 11 is 5.27. The Morgan fingerprint density at radius 1 is 1.86 bits per heavy atom. The van der Waals surface area contributed by atoms with Gasteiger partial charge in [-0.2, -0.15) is 0 Å². The number of nitrogens with one attached hydrogen (secondary N) is 1. The van der Waals surface area contributed by atoms with Crippen LogP contribution in [-0.4, -0.2) is 7.05 Å². The van der Waals surface area contributed by atoms with Gasteiger partial charge < -0.3 is 5.32 Å². The van der Waals surface area contributed by atoms with Gasteiger partial charge in [0.25, 0.3) is 0 Å². The summed E-state index contributed by atoms with van der Waals surface area (Å²) in [4.78, 5) is 0. The number of hydrogen-bond acceptors (Lipinski definition) is 1. The molecule has 0 rings (SSSR count). The van der Waals surface area contributed by atoms with E-state index in [1.807, 2.05) is 0 Å². The summed E-state index contributed by atoms with van der Waals surface area (Å²) in [5.41, 5.74) is 2.27. The van der Waals surface area contributed by atoms with Crippen molar-refractivity contribution in [3.8, 4) is 0 Å². The maximum absolute atomic E-state index is 5.27. The average Bonchev–Trinajstić information content (AvgIpc) is 1.72. The number of halogens is 1. The molecule has 0 spiro atoms. The quantitative estimate of drug-likeness (QED) is 0.540. The Morgan fingerprint density at radius 2 is 2.43 bits per heavy atom. The van der Waals surface area contributed by atoms with Crippen molar-refractivity contribution in [3.05, 3.63) is 23.9 Å². The molecule has 2 heteroatoms. The largest absolute Gasteiger partial charge is 0.387 e. The topological polar surface area (TPSA) is 12.0 Å². The second kappa shape index (κ2) is 3.75. The van der Waals surface area contributed by atoms with E-state index in [1.54, 1.807) is 13.1 Å². The van der Waals surface area contributed by atoms with Crippen molar-refractivity contribution < 1.29 is 0 Å². The van der Waals surface area contributed by atoms with Crippen LogP contribution in [0.5, 0.6) is 0 Å². The molecule has 0 fully saturated rings. The third-order valence-corrected chi connectivity index (χ3v) is 0.861. The lowest BCUT2D eigenvalue weighted by molar-refractivity contribution is 1.04. The molecule has 0 radical (unpaired) electrons. The fourth-order valence-electron chi connectivity index (χ4n) is 0.201. The van der Waals surface area contributed by atoms with Crippen molar-refractivity contribution in [2.45, 2.75) is 0 Å². The fraction of sp³-hybridized carbons (Fsp3) is 0.200. The zero-order chi connectivity index (χ0) is 5.70. The molecule has 0 aromatic heterocycles. The summed E-state index contributed by atoms with van der Waals surface area (Å²) in [7, 11) is 1.79. The second-order valence-electron chi connectivity index (χ2n) is 1.02. The minimum Gasteiger partial charge on any atom is -0.387 e. The molecule has 0 aromatic rings. The Bertz CT molecular complexity index is 86.1. The van der Waals surface area contributed by atoms with Crippen LogP contribution < -0.4 is 5.32 Å². The molecular formula is C5H8ClN. The fourth-order valence-corrected chi connectivity index (χ4v) is 0.399. The third-order valence-electron chi connectivity index (χ3n) is 0.626. The standard InChI is InChI=1S/C5H8ClN/c1-3-5(4-6)7-2/h3-4,7H,1H2,2H3/b5-4-. The van der Waals surface area contributed by atoms with Crippen LogP contribution in [-0.2, 0) is 0 Å². The molecule has 1 nitrogen and oxygen atoms in total. The molecule has 0 atom stereocenters. The highest BCUT2D eigenvalue weighted by molar-refractivity contribution is 6.25. The Labute approximate surface area is 48.7 Å². The summed E-state index contributed by atoms with van der Waals surface area (Å²) in [6.45, 7) is 3.49. The molecule has 40 valence electrons. The molecule has 0 bridgehead atoms. The third kappa shape index (κ3) is 2.29. The summed E-state index contributed by atoms with van der Waals surface area (Å²) in [5, 5.41) is 2.81. The molecule has 0 aliphatic rings. The lowest BCUT2D eigenvalue weighted by atomic mass is 10.5. The first-order chi connectivity index (χ1) is 3.35. The molecule has 7 heavy (non-hydrogen) atoms. The molecule has 0 aliphatic carbocycles. The molecular weight excluding hydrogens is 110 g/mol. The van der Waals surface area contributed by atoms with E-state index in [1.165, 1.54) is 5.54 Å². The summed E-state index contributed by atoms with van der Waals surface area (Å²) in [5.74, 6) is 0. The summed E-state index contributed by atoms with van der Waals surface area (Å²) in [6.07, 6.45) is 1.65.